The molecule has 314 valence electrons. The predicted octanol–water partition coefficient (Wildman–Crippen LogP) is 18.4. The van der Waals surface area contributed by atoms with Crippen molar-refractivity contribution in [1.82, 2.24) is 4.57 Å². The van der Waals surface area contributed by atoms with Gasteiger partial charge in [-0.2, -0.15) is 0 Å². The van der Waals surface area contributed by atoms with Gasteiger partial charge < -0.3 is 9.47 Å². The molecule has 0 saturated carbocycles. The first-order chi connectivity index (χ1) is 33.2. The van der Waals surface area contributed by atoms with Crippen LogP contribution in [-0.2, 0) is 0 Å². The van der Waals surface area contributed by atoms with Crippen molar-refractivity contribution in [1.29, 1.82) is 0 Å². The van der Waals surface area contributed by atoms with Crippen LogP contribution in [-0.4, -0.2) is 4.57 Å². The zero-order chi connectivity index (χ0) is 44.3. The summed E-state index contributed by atoms with van der Waals surface area (Å²) in [5.41, 5.74) is 16.6. The summed E-state index contributed by atoms with van der Waals surface area (Å²) in [4.78, 5) is 2.43. The number of hydrogen-bond acceptors (Lipinski definition) is 2. The smallest absolute Gasteiger partial charge is 0.0640 e. The van der Waals surface area contributed by atoms with Crippen molar-refractivity contribution < 1.29 is 0 Å². The maximum absolute atomic E-state index is 2.45. The SMILES string of the molecule is c1ccc(-c2ccccc2-c2ccccc2-c2ccc(N(c3ccc(-c4ccc5c6ccc7ccccc7c6n(-c6ccccc6)c5c4)cc3)c3cccc4c3sc3ccccc34)cc2)cc1. The Kier molecular flexibility index (Phi) is 9.40. The Balaban J connectivity index is 0.931. The van der Waals surface area contributed by atoms with Crippen molar-refractivity contribution in [2.45, 2.75) is 0 Å². The highest BCUT2D eigenvalue weighted by atomic mass is 32.1. The van der Waals surface area contributed by atoms with Crippen LogP contribution in [0, 0.1) is 0 Å². The monoisotopic (exact) mass is 870 g/mol. The highest BCUT2D eigenvalue weighted by Gasteiger charge is 2.21. The van der Waals surface area contributed by atoms with E-state index >= 15 is 0 Å². The highest BCUT2D eigenvalue weighted by molar-refractivity contribution is 7.26. The lowest BCUT2D eigenvalue weighted by Gasteiger charge is -2.26. The van der Waals surface area contributed by atoms with Gasteiger partial charge in [-0.25, -0.2) is 0 Å². The maximum Gasteiger partial charge on any atom is 0.0640 e. The molecule has 2 nitrogen and oxygen atoms in total. The molecule has 11 aromatic carbocycles. The van der Waals surface area contributed by atoms with Gasteiger partial charge in [0.15, 0.2) is 0 Å². The normalized spacial score (nSPS) is 11.6. The molecule has 0 unspecified atom stereocenters. The van der Waals surface area contributed by atoms with Crippen LogP contribution in [0.4, 0.5) is 17.1 Å². The molecule has 13 aromatic rings. The first kappa shape index (κ1) is 38.9. The average Bonchev–Trinajstić information content (AvgIpc) is 3.96. The predicted molar refractivity (Wildman–Crippen MR) is 288 cm³/mol. The minimum absolute atomic E-state index is 1.10. The lowest BCUT2D eigenvalue weighted by atomic mass is 9.89. The van der Waals surface area contributed by atoms with Crippen molar-refractivity contribution in [2.75, 3.05) is 4.90 Å². The summed E-state index contributed by atoms with van der Waals surface area (Å²) in [6.07, 6.45) is 0. The maximum atomic E-state index is 2.45. The Bertz CT molecular complexity index is 3960. The van der Waals surface area contributed by atoms with E-state index < -0.39 is 0 Å². The van der Waals surface area contributed by atoms with E-state index in [-0.39, 0.29) is 0 Å². The van der Waals surface area contributed by atoms with Crippen molar-refractivity contribution in [3.8, 4) is 50.2 Å². The van der Waals surface area contributed by atoms with Crippen LogP contribution in [0.2, 0.25) is 0 Å². The van der Waals surface area contributed by atoms with E-state index in [2.05, 4.69) is 264 Å². The molecule has 0 amide bonds. The third kappa shape index (κ3) is 6.63. The van der Waals surface area contributed by atoms with Crippen LogP contribution in [0.3, 0.4) is 0 Å². The van der Waals surface area contributed by atoms with Crippen LogP contribution in [0.15, 0.2) is 255 Å². The van der Waals surface area contributed by atoms with E-state index in [1.165, 1.54) is 97.3 Å². The van der Waals surface area contributed by atoms with E-state index in [0.717, 1.165) is 22.7 Å². The molecule has 67 heavy (non-hydrogen) atoms. The zero-order valence-electron chi connectivity index (χ0n) is 36.6. The molecule has 0 bridgehead atoms. The number of hydrogen-bond donors (Lipinski definition) is 0. The second kappa shape index (κ2) is 16.2. The van der Waals surface area contributed by atoms with Crippen molar-refractivity contribution in [3.05, 3.63) is 255 Å². The number of nitrogens with zero attached hydrogens (tertiary/aromatic N) is 2. The molecular weight excluding hydrogens is 829 g/mol. The topological polar surface area (TPSA) is 8.17 Å². The van der Waals surface area contributed by atoms with E-state index in [1.54, 1.807) is 0 Å². The second-order valence-electron chi connectivity index (χ2n) is 17.2. The molecule has 0 spiro atoms. The third-order valence-corrected chi connectivity index (χ3v) is 14.6. The zero-order valence-corrected chi connectivity index (χ0v) is 37.4. The Morgan fingerprint density at radius 2 is 0.866 bits per heavy atom. The molecule has 3 heteroatoms. The molecule has 0 fully saturated rings. The van der Waals surface area contributed by atoms with Gasteiger partial charge in [0, 0.05) is 48.7 Å². The minimum atomic E-state index is 1.10. The van der Waals surface area contributed by atoms with Crippen molar-refractivity contribution >= 4 is 81.1 Å². The number of para-hydroxylation sites is 1. The van der Waals surface area contributed by atoms with Crippen LogP contribution < -0.4 is 4.90 Å². The lowest BCUT2D eigenvalue weighted by molar-refractivity contribution is 1.19. The molecule has 13 rings (SSSR count). The Hall–Kier alpha value is -8.50. The summed E-state index contributed by atoms with van der Waals surface area (Å²) in [6, 6.07) is 93.1. The summed E-state index contributed by atoms with van der Waals surface area (Å²) in [5, 5.41) is 7.57. The molecule has 0 aliphatic rings. The van der Waals surface area contributed by atoms with Crippen LogP contribution in [0.25, 0.3) is 103 Å². The lowest BCUT2D eigenvalue weighted by Crippen LogP contribution is -2.10. The van der Waals surface area contributed by atoms with Crippen LogP contribution in [0.1, 0.15) is 0 Å². The largest absolute Gasteiger partial charge is 0.309 e. The van der Waals surface area contributed by atoms with Gasteiger partial charge in [0.25, 0.3) is 0 Å². The molecule has 0 saturated heterocycles. The number of anilines is 3. The summed E-state index contributed by atoms with van der Waals surface area (Å²) >= 11 is 1.86. The summed E-state index contributed by atoms with van der Waals surface area (Å²) in [5.74, 6) is 0. The van der Waals surface area contributed by atoms with Gasteiger partial charge in [-0.15, -0.1) is 11.3 Å². The summed E-state index contributed by atoms with van der Waals surface area (Å²) in [7, 11) is 0. The summed E-state index contributed by atoms with van der Waals surface area (Å²) in [6.45, 7) is 0. The quantitative estimate of drug-likeness (QED) is 0.148. The van der Waals surface area contributed by atoms with Gasteiger partial charge in [-0.05, 0) is 104 Å². The van der Waals surface area contributed by atoms with Crippen molar-refractivity contribution in [3.63, 3.8) is 0 Å². The fraction of sp³-hybridized carbons (Fsp3) is 0. The van der Waals surface area contributed by atoms with Gasteiger partial charge in [0.1, 0.15) is 0 Å². The van der Waals surface area contributed by atoms with Crippen molar-refractivity contribution in [2.24, 2.45) is 0 Å². The minimum Gasteiger partial charge on any atom is -0.309 e. The fourth-order valence-corrected chi connectivity index (χ4v) is 11.5. The van der Waals surface area contributed by atoms with Gasteiger partial charge in [-0.3, -0.25) is 0 Å². The molecule has 0 aliphatic carbocycles. The van der Waals surface area contributed by atoms with Gasteiger partial charge in [0.2, 0.25) is 0 Å². The molecule has 2 heterocycles. The van der Waals surface area contributed by atoms with Crippen LogP contribution >= 0.6 is 11.3 Å². The van der Waals surface area contributed by atoms with Gasteiger partial charge in [-0.1, -0.05) is 200 Å². The summed E-state index contributed by atoms with van der Waals surface area (Å²) < 4.78 is 5.01. The van der Waals surface area contributed by atoms with E-state index in [4.69, 9.17) is 0 Å². The van der Waals surface area contributed by atoms with Gasteiger partial charge >= 0.3 is 0 Å². The van der Waals surface area contributed by atoms with E-state index in [0.29, 0.717) is 0 Å². The first-order valence-electron chi connectivity index (χ1n) is 22.9. The molecular formula is C64H42N2S. The van der Waals surface area contributed by atoms with E-state index in [1.807, 2.05) is 11.3 Å². The third-order valence-electron chi connectivity index (χ3n) is 13.4. The molecule has 0 radical (unpaired) electrons. The van der Waals surface area contributed by atoms with Gasteiger partial charge in [0.05, 0.1) is 21.4 Å². The second-order valence-corrected chi connectivity index (χ2v) is 18.3. The first-order valence-corrected chi connectivity index (χ1v) is 23.7. The Morgan fingerprint density at radius 3 is 1.58 bits per heavy atom. The standard InChI is InChI=1S/C64H42N2S/c1-3-16-44(17-4-1)51-21-9-11-24-54(51)55-25-12-10-22-52(55)46-32-38-50(39-33-46)65(60-28-15-27-59-57-26-13-14-29-62(57)67-64(59)60)49-36-30-43(31-37-49)47-35-40-56-58-41-34-45-18-7-8-23-53(45)63(58)66(61(56)42-47)48-19-5-2-6-20-48/h1-42H. The number of thiophene rings is 1. The number of aromatic nitrogens is 1. The highest BCUT2D eigenvalue weighted by Crippen LogP contribution is 2.46. The molecule has 0 atom stereocenters. The Labute approximate surface area is 393 Å². The molecule has 2 aromatic heterocycles. The number of rotatable bonds is 8. The molecule has 0 N–H and O–H groups in total. The fourth-order valence-electron chi connectivity index (χ4n) is 10.3. The van der Waals surface area contributed by atoms with Crippen LogP contribution in [0.5, 0.6) is 0 Å². The molecule has 0 aliphatic heterocycles. The number of benzene rings is 11. The number of fused-ring (bicyclic) bond motifs is 8. The van der Waals surface area contributed by atoms with E-state index in [9.17, 15) is 0 Å². The average molecular weight is 871 g/mol. The Morgan fingerprint density at radius 1 is 0.328 bits per heavy atom.